The summed E-state index contributed by atoms with van der Waals surface area (Å²) < 4.78 is 99.3. The summed E-state index contributed by atoms with van der Waals surface area (Å²) in [4.78, 5) is 33.4. The number of benzene rings is 1. The summed E-state index contributed by atoms with van der Waals surface area (Å²) in [6.45, 7) is 0.653. The Morgan fingerprint density at radius 2 is 1.71 bits per heavy atom. The van der Waals surface area contributed by atoms with Crippen LogP contribution in [0.25, 0.3) is 11.0 Å². The predicted molar refractivity (Wildman–Crippen MR) is 139 cm³/mol. The lowest BCUT2D eigenvalue weighted by Gasteiger charge is -2.40. The van der Waals surface area contributed by atoms with Gasteiger partial charge in [0.05, 0.1) is 18.2 Å². The molecule has 0 aliphatic carbocycles. The molecule has 6 N–H and O–H groups in total. The lowest BCUT2D eigenvalue weighted by molar-refractivity contribution is -0.0541. The van der Waals surface area contributed by atoms with Gasteiger partial charge in [0.1, 0.15) is 29.0 Å². The van der Waals surface area contributed by atoms with Crippen LogP contribution < -0.4 is 5.32 Å². The molecule has 0 spiro atoms. The van der Waals surface area contributed by atoms with Crippen molar-refractivity contribution in [3.05, 3.63) is 41.3 Å². The van der Waals surface area contributed by atoms with Crippen LogP contribution in [-0.4, -0.2) is 75.5 Å². The molecule has 1 aliphatic rings. The average Bonchev–Trinajstić information content (AvgIpc) is 3.35. The van der Waals surface area contributed by atoms with E-state index in [0.29, 0.717) is 0 Å². The third-order valence-corrected chi connectivity index (χ3v) is 10.8. The van der Waals surface area contributed by atoms with Crippen molar-refractivity contribution in [1.82, 2.24) is 19.7 Å². The maximum Gasteiger partial charge on any atom is 0.340 e. The fourth-order valence-electron chi connectivity index (χ4n) is 4.03. The van der Waals surface area contributed by atoms with Gasteiger partial charge in [0, 0.05) is 6.04 Å². The first-order chi connectivity index (χ1) is 18.9. The maximum atomic E-state index is 13.0. The van der Waals surface area contributed by atoms with E-state index in [0.717, 1.165) is 16.8 Å². The number of hydrogen-bond donors (Lipinski definition) is 6. The quantitative estimate of drug-likeness (QED) is 0.1000. The fraction of sp³-hybridized carbons (Fsp3) is 0.421. The Kier molecular flexibility index (Phi) is 8.08. The van der Waals surface area contributed by atoms with Crippen molar-refractivity contribution in [1.29, 1.82) is 0 Å². The van der Waals surface area contributed by atoms with Crippen molar-refractivity contribution >= 4 is 53.9 Å². The standard InChI is InChI=1S/C19H23ClF5N5O9P2S/c1-9(10-2-4-11(5-3-10)42(21,22,23,24)25)27-16-12-6-26-30(17(12)29-19(20)28-16)18-15(32)14(31)13(39-18)7-38-41(36,37)8-40(33,34)35/h2-6,9,13-15,18,31-32H,7-8H2,1H3,(H,36,37)(H,27,28,29)(H2,33,34,35)/t9-,13+,14+,15+,18+/m0/s1. The van der Waals surface area contributed by atoms with E-state index < -0.39 is 73.4 Å². The number of nitrogens with one attached hydrogen (secondary N) is 1. The number of aromatic nitrogens is 4. The minimum Gasteiger partial charge on any atom is -0.387 e. The van der Waals surface area contributed by atoms with Crippen molar-refractivity contribution < 1.29 is 62.7 Å². The van der Waals surface area contributed by atoms with E-state index in [1.165, 1.54) is 13.1 Å². The molecule has 3 heterocycles. The minimum atomic E-state index is -9.86. The van der Waals surface area contributed by atoms with Crippen LogP contribution in [0.4, 0.5) is 25.2 Å². The predicted octanol–water partition coefficient (Wildman–Crippen LogP) is 4.27. The molecule has 42 heavy (non-hydrogen) atoms. The first-order valence-corrected chi connectivity index (χ1v) is 17.4. The second kappa shape index (κ2) is 10.3. The zero-order valence-corrected chi connectivity index (χ0v) is 24.3. The van der Waals surface area contributed by atoms with Gasteiger partial charge in [-0.15, -0.1) is 0 Å². The van der Waals surface area contributed by atoms with Gasteiger partial charge in [-0.3, -0.25) is 9.13 Å². The summed E-state index contributed by atoms with van der Waals surface area (Å²) in [5, 5.41) is 27.6. The second-order valence-electron chi connectivity index (χ2n) is 9.36. The van der Waals surface area contributed by atoms with E-state index in [1.54, 1.807) is 0 Å². The van der Waals surface area contributed by atoms with Crippen LogP contribution in [0.3, 0.4) is 0 Å². The van der Waals surface area contributed by atoms with E-state index in [4.69, 9.17) is 26.1 Å². The van der Waals surface area contributed by atoms with Gasteiger partial charge in [-0.05, 0) is 36.2 Å². The molecule has 1 fully saturated rings. The monoisotopic (exact) mass is 689 g/mol. The van der Waals surface area contributed by atoms with Crippen molar-refractivity contribution in [2.45, 2.75) is 42.4 Å². The lowest BCUT2D eigenvalue weighted by atomic mass is 10.1. The molecule has 4 rings (SSSR count). The van der Waals surface area contributed by atoms with Gasteiger partial charge in [-0.1, -0.05) is 31.6 Å². The highest BCUT2D eigenvalue weighted by molar-refractivity contribution is 8.45. The Balaban J connectivity index is 1.55. The summed E-state index contributed by atoms with van der Waals surface area (Å²) in [5.41, 5.74) is 0.115. The lowest BCUT2D eigenvalue weighted by Crippen LogP contribution is -2.33. The number of hydrogen-bond acceptors (Lipinski definition) is 10. The van der Waals surface area contributed by atoms with Crippen LogP contribution >= 0.6 is 37.0 Å². The molecule has 0 bridgehead atoms. The number of rotatable bonds is 10. The highest BCUT2D eigenvalue weighted by Crippen LogP contribution is 3.02. The van der Waals surface area contributed by atoms with Gasteiger partial charge >= 0.3 is 25.4 Å². The number of aliphatic hydroxyl groups excluding tert-OH is 2. The molecule has 1 saturated heterocycles. The van der Waals surface area contributed by atoms with Crippen LogP contribution in [0.5, 0.6) is 0 Å². The zero-order valence-electron chi connectivity index (χ0n) is 20.9. The first kappa shape index (κ1) is 32.9. The molecule has 2 aromatic heterocycles. The number of halogens is 6. The Labute approximate surface area is 237 Å². The van der Waals surface area contributed by atoms with E-state index in [1.807, 2.05) is 0 Å². The highest BCUT2D eigenvalue weighted by Gasteiger charge is 2.65. The van der Waals surface area contributed by atoms with Crippen LogP contribution in [0.2, 0.25) is 5.28 Å². The summed E-state index contributed by atoms with van der Waals surface area (Å²) >= 11 is 6.03. The van der Waals surface area contributed by atoms with Crippen molar-refractivity contribution in [3.8, 4) is 0 Å². The normalized spacial score (nSPS) is 25.5. The molecule has 236 valence electrons. The van der Waals surface area contributed by atoms with E-state index >= 15 is 0 Å². The fourth-order valence-corrected chi connectivity index (χ4v) is 7.41. The summed E-state index contributed by atoms with van der Waals surface area (Å²) in [6.07, 6.45) is -5.15. The minimum absolute atomic E-state index is 0.00659. The molecule has 23 heteroatoms. The summed E-state index contributed by atoms with van der Waals surface area (Å²) in [6, 6.07) is 1.47. The zero-order chi connectivity index (χ0) is 31.5. The molecule has 1 aromatic carbocycles. The van der Waals surface area contributed by atoms with Gasteiger partial charge in [0.15, 0.2) is 17.8 Å². The Bertz CT molecular complexity index is 1600. The molecular formula is C19H23ClF5N5O9P2S. The van der Waals surface area contributed by atoms with E-state index in [2.05, 4.69) is 24.9 Å². The summed E-state index contributed by atoms with van der Waals surface area (Å²) in [7, 11) is -19.6. The molecule has 3 aromatic rings. The first-order valence-electron chi connectivity index (χ1n) is 11.5. The van der Waals surface area contributed by atoms with Crippen LogP contribution in [0.1, 0.15) is 24.8 Å². The Hall–Kier alpha value is -1.96. The maximum absolute atomic E-state index is 13.0. The Morgan fingerprint density at radius 1 is 1.10 bits per heavy atom. The molecule has 14 nitrogen and oxygen atoms in total. The van der Waals surface area contributed by atoms with Gasteiger partial charge < -0.3 is 39.5 Å². The van der Waals surface area contributed by atoms with E-state index in [9.17, 15) is 43.7 Å². The van der Waals surface area contributed by atoms with Crippen molar-refractivity contribution in [2.75, 3.05) is 17.8 Å². The summed E-state index contributed by atoms with van der Waals surface area (Å²) in [5.74, 6) is -1.48. The number of ether oxygens (including phenoxy) is 1. The SMILES string of the molecule is C[C@H](Nc1nc(Cl)nc2c1cnn2[C@@H]1O[C@H](COP(=O)(O)CP(=O)(O)O)[C@@H](O)[C@H]1O)c1ccc(S(F)(F)(F)(F)F)cc1. The smallest absolute Gasteiger partial charge is 0.340 e. The number of anilines is 1. The van der Waals surface area contributed by atoms with E-state index in [-0.39, 0.29) is 39.8 Å². The van der Waals surface area contributed by atoms with Crippen LogP contribution in [-0.2, 0) is 18.4 Å². The molecule has 1 unspecified atom stereocenters. The molecule has 0 radical (unpaired) electrons. The van der Waals surface area contributed by atoms with Gasteiger partial charge in [0.25, 0.3) is 0 Å². The molecule has 0 saturated carbocycles. The average molecular weight is 690 g/mol. The van der Waals surface area contributed by atoms with Crippen molar-refractivity contribution in [2.24, 2.45) is 0 Å². The molecule has 0 amide bonds. The van der Waals surface area contributed by atoms with Crippen molar-refractivity contribution in [3.63, 3.8) is 0 Å². The molecular weight excluding hydrogens is 667 g/mol. The second-order valence-corrected chi connectivity index (χ2v) is 16.1. The van der Waals surface area contributed by atoms with Crippen LogP contribution in [0.15, 0.2) is 35.4 Å². The van der Waals surface area contributed by atoms with Gasteiger partial charge in [-0.2, -0.15) is 15.1 Å². The third kappa shape index (κ3) is 7.57. The van der Waals surface area contributed by atoms with Gasteiger partial charge in [-0.25, -0.2) is 4.68 Å². The largest absolute Gasteiger partial charge is 0.387 e. The topological polar surface area (TPSA) is 209 Å². The Morgan fingerprint density at radius 3 is 2.29 bits per heavy atom. The number of fused-ring (bicyclic) bond motifs is 1. The number of aliphatic hydroxyl groups is 2. The highest BCUT2D eigenvalue weighted by atomic mass is 35.5. The third-order valence-electron chi connectivity index (χ3n) is 5.99. The molecule has 1 aliphatic heterocycles. The van der Waals surface area contributed by atoms with Gasteiger partial charge in [0.2, 0.25) is 5.28 Å². The number of nitrogens with zero attached hydrogens (tertiary/aromatic N) is 4. The molecule has 6 atom stereocenters. The van der Waals surface area contributed by atoms with Crippen LogP contribution in [0, 0.1) is 0 Å².